The van der Waals surface area contributed by atoms with E-state index in [1.807, 2.05) is 6.92 Å². The standard InChI is InChI=1S/C17H18N4O3/c1-3-4-13(22)10-19-7-8-21-15(16(19)23)6-5-14(17(21)24)20-9-12(2)18-11-20/h1,5-6,9,11,13,22H,4,7-8,10H2,2H3/t13-/m1/s1. The molecule has 0 radical (unpaired) electrons. The first-order chi connectivity index (χ1) is 11.5. The second kappa shape index (κ2) is 6.34. The first kappa shape index (κ1) is 16.0. The molecular weight excluding hydrogens is 308 g/mol. The highest BCUT2D eigenvalue weighted by atomic mass is 16.3. The second-order valence-electron chi connectivity index (χ2n) is 5.80. The van der Waals surface area contributed by atoms with E-state index in [0.29, 0.717) is 24.5 Å². The number of amides is 1. The van der Waals surface area contributed by atoms with Crippen LogP contribution in [0.3, 0.4) is 0 Å². The largest absolute Gasteiger partial charge is 0.390 e. The maximum absolute atomic E-state index is 12.7. The minimum atomic E-state index is -0.759. The maximum Gasteiger partial charge on any atom is 0.275 e. The molecule has 0 fully saturated rings. The van der Waals surface area contributed by atoms with Crippen LogP contribution in [0.15, 0.2) is 29.5 Å². The van der Waals surface area contributed by atoms with Gasteiger partial charge in [0.05, 0.1) is 18.1 Å². The number of nitrogens with zero attached hydrogens (tertiary/aromatic N) is 4. The van der Waals surface area contributed by atoms with Gasteiger partial charge in [-0.1, -0.05) is 0 Å². The highest BCUT2D eigenvalue weighted by Crippen LogP contribution is 2.14. The summed E-state index contributed by atoms with van der Waals surface area (Å²) in [7, 11) is 0. The Morgan fingerprint density at radius 3 is 2.83 bits per heavy atom. The third kappa shape index (κ3) is 2.84. The maximum atomic E-state index is 12.7. The molecule has 0 saturated carbocycles. The molecule has 3 heterocycles. The summed E-state index contributed by atoms with van der Waals surface area (Å²) in [5, 5.41) is 9.80. The van der Waals surface area contributed by atoms with Crippen molar-refractivity contribution in [1.82, 2.24) is 19.0 Å². The quantitative estimate of drug-likeness (QED) is 0.813. The summed E-state index contributed by atoms with van der Waals surface area (Å²) in [6.45, 7) is 2.75. The van der Waals surface area contributed by atoms with E-state index in [4.69, 9.17) is 6.42 Å². The monoisotopic (exact) mass is 326 g/mol. The molecule has 0 bridgehead atoms. The Hall–Kier alpha value is -2.85. The highest BCUT2D eigenvalue weighted by molar-refractivity contribution is 5.93. The Balaban J connectivity index is 1.91. The molecule has 1 aliphatic rings. The van der Waals surface area contributed by atoms with Gasteiger partial charge in [0.15, 0.2) is 0 Å². The van der Waals surface area contributed by atoms with Crippen molar-refractivity contribution >= 4 is 5.91 Å². The van der Waals surface area contributed by atoms with Crippen LogP contribution in [0.1, 0.15) is 22.6 Å². The number of aromatic nitrogens is 3. The van der Waals surface area contributed by atoms with Gasteiger partial charge in [-0.05, 0) is 19.1 Å². The molecule has 2 aromatic heterocycles. The van der Waals surface area contributed by atoms with Crippen LogP contribution in [0.5, 0.6) is 0 Å². The average Bonchev–Trinajstić information content (AvgIpc) is 2.97. The van der Waals surface area contributed by atoms with Crippen molar-refractivity contribution in [2.75, 3.05) is 13.1 Å². The normalized spacial score (nSPS) is 15.0. The topological polar surface area (TPSA) is 80.4 Å². The average molecular weight is 326 g/mol. The van der Waals surface area contributed by atoms with Crippen molar-refractivity contribution in [3.63, 3.8) is 0 Å². The smallest absolute Gasteiger partial charge is 0.275 e. The van der Waals surface area contributed by atoms with Gasteiger partial charge in [-0.3, -0.25) is 9.59 Å². The summed E-state index contributed by atoms with van der Waals surface area (Å²) in [6.07, 6.45) is 7.94. The fourth-order valence-electron chi connectivity index (χ4n) is 2.84. The van der Waals surface area contributed by atoms with E-state index in [2.05, 4.69) is 10.9 Å². The molecule has 1 aliphatic heterocycles. The number of pyridine rings is 1. The zero-order valence-corrected chi connectivity index (χ0v) is 13.3. The van der Waals surface area contributed by atoms with Gasteiger partial charge in [-0.2, -0.15) is 0 Å². The number of rotatable bonds is 4. The lowest BCUT2D eigenvalue weighted by Gasteiger charge is -2.31. The minimum Gasteiger partial charge on any atom is -0.390 e. The van der Waals surface area contributed by atoms with Crippen molar-refractivity contribution in [2.45, 2.75) is 26.0 Å². The van der Waals surface area contributed by atoms with E-state index >= 15 is 0 Å². The molecule has 0 aliphatic carbocycles. The number of carbonyl (C=O) groups excluding carboxylic acids is 1. The van der Waals surface area contributed by atoms with E-state index in [1.165, 1.54) is 9.47 Å². The van der Waals surface area contributed by atoms with Gasteiger partial charge in [-0.25, -0.2) is 4.98 Å². The predicted molar refractivity (Wildman–Crippen MR) is 87.9 cm³/mol. The summed E-state index contributed by atoms with van der Waals surface area (Å²) < 4.78 is 3.12. The third-order valence-electron chi connectivity index (χ3n) is 4.03. The van der Waals surface area contributed by atoms with Gasteiger partial charge >= 0.3 is 0 Å². The first-order valence-electron chi connectivity index (χ1n) is 7.67. The van der Waals surface area contributed by atoms with Gasteiger partial charge in [0.2, 0.25) is 0 Å². The van der Waals surface area contributed by atoms with E-state index in [1.54, 1.807) is 29.2 Å². The molecule has 3 rings (SSSR count). The van der Waals surface area contributed by atoms with Crippen LogP contribution in [0.4, 0.5) is 0 Å². The molecule has 1 amide bonds. The predicted octanol–water partition coefficient (Wildman–Crippen LogP) is 0.182. The highest BCUT2D eigenvalue weighted by Gasteiger charge is 2.27. The lowest BCUT2D eigenvalue weighted by Crippen LogP contribution is -2.47. The molecule has 7 nitrogen and oxygen atoms in total. The number of aryl methyl sites for hydroxylation is 1. The molecule has 2 aromatic rings. The number of aliphatic hydroxyl groups excluding tert-OH is 1. The molecule has 0 saturated heterocycles. The number of aliphatic hydroxyl groups is 1. The third-order valence-corrected chi connectivity index (χ3v) is 4.03. The van der Waals surface area contributed by atoms with Gasteiger partial charge in [-0.15, -0.1) is 12.3 Å². The number of fused-ring (bicyclic) bond motifs is 1. The zero-order chi connectivity index (χ0) is 17.3. The van der Waals surface area contributed by atoms with E-state index in [0.717, 1.165) is 5.69 Å². The SMILES string of the molecule is C#CC[C@@H](O)CN1CCn2c(ccc(-n3cnc(C)c3)c2=O)C1=O. The van der Waals surface area contributed by atoms with Crippen molar-refractivity contribution in [2.24, 2.45) is 0 Å². The Labute approximate surface area is 139 Å². The van der Waals surface area contributed by atoms with E-state index in [-0.39, 0.29) is 24.4 Å². The fourth-order valence-corrected chi connectivity index (χ4v) is 2.84. The Morgan fingerprint density at radius 2 is 2.17 bits per heavy atom. The van der Waals surface area contributed by atoms with Crippen LogP contribution in [-0.2, 0) is 6.54 Å². The number of hydrogen-bond donors (Lipinski definition) is 1. The van der Waals surface area contributed by atoms with Crippen LogP contribution in [0.25, 0.3) is 5.69 Å². The molecule has 0 aromatic carbocycles. The van der Waals surface area contributed by atoms with E-state index < -0.39 is 6.10 Å². The molecule has 1 atom stereocenters. The fraction of sp³-hybridized carbons (Fsp3) is 0.353. The van der Waals surface area contributed by atoms with Gasteiger partial charge in [0.25, 0.3) is 11.5 Å². The van der Waals surface area contributed by atoms with Crippen LogP contribution in [0.2, 0.25) is 0 Å². The number of terminal acetylenes is 1. The summed E-state index contributed by atoms with van der Waals surface area (Å²) in [5.41, 5.74) is 1.34. The molecule has 0 unspecified atom stereocenters. The van der Waals surface area contributed by atoms with Crippen molar-refractivity contribution in [3.8, 4) is 18.0 Å². The summed E-state index contributed by atoms with van der Waals surface area (Å²) in [4.78, 5) is 30.9. The Bertz CT molecular complexity index is 875. The molecule has 1 N–H and O–H groups in total. The first-order valence-corrected chi connectivity index (χ1v) is 7.67. The van der Waals surface area contributed by atoms with Crippen LogP contribution in [-0.4, -0.2) is 49.2 Å². The lowest BCUT2D eigenvalue weighted by atomic mass is 10.2. The van der Waals surface area contributed by atoms with Crippen LogP contribution >= 0.6 is 0 Å². The Kier molecular flexibility index (Phi) is 4.23. The molecular formula is C17H18N4O3. The number of imidazole rings is 1. The molecule has 0 spiro atoms. The second-order valence-corrected chi connectivity index (χ2v) is 5.80. The molecule has 124 valence electrons. The van der Waals surface area contributed by atoms with E-state index in [9.17, 15) is 14.7 Å². The summed E-state index contributed by atoms with van der Waals surface area (Å²) in [6, 6.07) is 3.25. The summed E-state index contributed by atoms with van der Waals surface area (Å²) >= 11 is 0. The number of carbonyl (C=O) groups is 1. The summed E-state index contributed by atoms with van der Waals surface area (Å²) in [5.74, 6) is 2.10. The van der Waals surface area contributed by atoms with Gasteiger partial charge < -0.3 is 19.1 Å². The van der Waals surface area contributed by atoms with Crippen molar-refractivity contribution in [3.05, 3.63) is 46.4 Å². The van der Waals surface area contributed by atoms with Crippen molar-refractivity contribution < 1.29 is 9.90 Å². The molecule has 24 heavy (non-hydrogen) atoms. The lowest BCUT2D eigenvalue weighted by molar-refractivity contribution is 0.0569. The number of hydrogen-bond acceptors (Lipinski definition) is 4. The van der Waals surface area contributed by atoms with Crippen molar-refractivity contribution in [1.29, 1.82) is 0 Å². The van der Waals surface area contributed by atoms with Crippen LogP contribution in [0, 0.1) is 19.3 Å². The Morgan fingerprint density at radius 1 is 1.38 bits per heavy atom. The van der Waals surface area contributed by atoms with Gasteiger partial charge in [0.1, 0.15) is 11.4 Å². The minimum absolute atomic E-state index is 0.166. The number of β-amino-alcohol motifs (C(OH)–C–C–N with tert-alkyl or cyclic N) is 1. The zero-order valence-electron chi connectivity index (χ0n) is 13.3. The van der Waals surface area contributed by atoms with Crippen LogP contribution < -0.4 is 5.56 Å². The van der Waals surface area contributed by atoms with Gasteiger partial charge in [0, 0.05) is 32.3 Å². The molecule has 7 heteroatoms.